The predicted molar refractivity (Wildman–Crippen MR) is 80.9 cm³/mol. The van der Waals surface area contributed by atoms with Crippen LogP contribution in [-0.2, 0) is 10.0 Å². The number of hydrogen-bond donors (Lipinski definition) is 0. The second-order valence-electron chi connectivity index (χ2n) is 5.48. The molecule has 2 heterocycles. The van der Waals surface area contributed by atoms with Crippen molar-refractivity contribution >= 4 is 10.0 Å². The van der Waals surface area contributed by atoms with E-state index in [0.717, 1.165) is 17.8 Å². The average molecular weight is 355 g/mol. The van der Waals surface area contributed by atoms with Gasteiger partial charge in [0.05, 0.1) is 17.1 Å². The molecule has 0 aliphatic carbocycles. The maximum absolute atomic E-state index is 13.3. The third kappa shape index (κ3) is 3.36. The van der Waals surface area contributed by atoms with E-state index in [0.29, 0.717) is 18.4 Å². The fourth-order valence-electron chi connectivity index (χ4n) is 2.42. The van der Waals surface area contributed by atoms with Gasteiger partial charge in [0, 0.05) is 12.6 Å². The first kappa shape index (κ1) is 16.7. The number of rotatable bonds is 4. The smallest absolute Gasteiger partial charge is 0.243 e. The van der Waals surface area contributed by atoms with Gasteiger partial charge in [0.25, 0.3) is 0 Å². The maximum Gasteiger partial charge on any atom is 0.243 e. The minimum Gasteiger partial charge on any atom is -0.472 e. The van der Waals surface area contributed by atoms with Crippen LogP contribution in [0.5, 0.6) is 5.88 Å². The van der Waals surface area contributed by atoms with Crippen LogP contribution in [0.25, 0.3) is 0 Å². The standard InChI is InChI=1S/C15H15F2N3O3S/c1-10-2-5-15(19-18-10)23-11-6-7-20(9-11)24(21,22)12-3-4-13(16)14(17)8-12/h2-5,8,11H,6-7,9H2,1H3. The van der Waals surface area contributed by atoms with Gasteiger partial charge >= 0.3 is 0 Å². The molecule has 0 bridgehead atoms. The number of hydrogen-bond acceptors (Lipinski definition) is 5. The first-order valence-electron chi connectivity index (χ1n) is 7.28. The van der Waals surface area contributed by atoms with Gasteiger partial charge in [0.1, 0.15) is 6.10 Å². The first-order chi connectivity index (χ1) is 11.4. The largest absolute Gasteiger partial charge is 0.472 e. The van der Waals surface area contributed by atoms with Crippen LogP contribution in [0.4, 0.5) is 8.78 Å². The van der Waals surface area contributed by atoms with Crippen LogP contribution in [0.1, 0.15) is 12.1 Å². The molecule has 1 aromatic heterocycles. The second-order valence-corrected chi connectivity index (χ2v) is 7.42. The minimum atomic E-state index is -3.90. The summed E-state index contributed by atoms with van der Waals surface area (Å²) in [6, 6.07) is 5.94. The predicted octanol–water partition coefficient (Wildman–Crippen LogP) is 1.91. The molecular weight excluding hydrogens is 340 g/mol. The number of ether oxygens (including phenoxy) is 1. The fourth-order valence-corrected chi connectivity index (χ4v) is 3.92. The molecule has 1 fully saturated rings. The molecule has 0 saturated carbocycles. The molecule has 1 aliphatic rings. The highest BCUT2D eigenvalue weighted by atomic mass is 32.2. The first-order valence-corrected chi connectivity index (χ1v) is 8.72. The summed E-state index contributed by atoms with van der Waals surface area (Å²) in [6.07, 6.45) is 0.0976. The third-order valence-corrected chi connectivity index (χ3v) is 5.56. The number of halogens is 2. The minimum absolute atomic E-state index is 0.108. The van der Waals surface area contributed by atoms with Crippen LogP contribution in [0.2, 0.25) is 0 Å². The molecule has 0 spiro atoms. The lowest BCUT2D eigenvalue weighted by molar-refractivity contribution is 0.204. The summed E-state index contributed by atoms with van der Waals surface area (Å²) in [5.74, 6) is -1.97. The second kappa shape index (κ2) is 6.40. The van der Waals surface area contributed by atoms with Crippen LogP contribution < -0.4 is 4.74 Å². The summed E-state index contributed by atoms with van der Waals surface area (Å²) < 4.78 is 58.1. The van der Waals surface area contributed by atoms with Crippen molar-refractivity contribution in [1.29, 1.82) is 0 Å². The van der Waals surface area contributed by atoms with Crippen molar-refractivity contribution in [2.45, 2.75) is 24.3 Å². The normalized spacial score (nSPS) is 18.7. The molecule has 1 unspecified atom stereocenters. The van der Waals surface area contributed by atoms with E-state index in [9.17, 15) is 17.2 Å². The van der Waals surface area contributed by atoms with Crippen molar-refractivity contribution in [3.63, 3.8) is 0 Å². The summed E-state index contributed by atoms with van der Waals surface area (Å²) in [7, 11) is -3.90. The number of benzene rings is 1. The Bertz CT molecular complexity index is 844. The van der Waals surface area contributed by atoms with Gasteiger partial charge in [-0.15, -0.1) is 5.10 Å². The van der Waals surface area contributed by atoms with Crippen molar-refractivity contribution < 1.29 is 21.9 Å². The molecule has 9 heteroatoms. The molecular formula is C15H15F2N3O3S. The molecule has 1 aliphatic heterocycles. The SMILES string of the molecule is Cc1ccc(OC2CCN(S(=O)(=O)c3ccc(F)c(F)c3)C2)nn1. The monoisotopic (exact) mass is 355 g/mol. The summed E-state index contributed by atoms with van der Waals surface area (Å²) in [5.41, 5.74) is 0.747. The lowest BCUT2D eigenvalue weighted by atomic mass is 10.3. The Morgan fingerprint density at radius 1 is 1.17 bits per heavy atom. The molecule has 0 radical (unpaired) electrons. The number of nitrogens with zero attached hydrogens (tertiary/aromatic N) is 3. The van der Waals surface area contributed by atoms with Gasteiger partial charge in [0.15, 0.2) is 11.6 Å². The molecule has 3 rings (SSSR count). The number of sulfonamides is 1. The van der Waals surface area contributed by atoms with E-state index in [-0.39, 0.29) is 24.1 Å². The van der Waals surface area contributed by atoms with Crippen LogP contribution >= 0.6 is 0 Å². The molecule has 2 aromatic rings. The van der Waals surface area contributed by atoms with E-state index < -0.39 is 21.7 Å². The highest BCUT2D eigenvalue weighted by Gasteiger charge is 2.34. The molecule has 1 aromatic carbocycles. The van der Waals surface area contributed by atoms with E-state index >= 15 is 0 Å². The number of aromatic nitrogens is 2. The summed E-state index contributed by atoms with van der Waals surface area (Å²) >= 11 is 0. The highest BCUT2D eigenvalue weighted by Crippen LogP contribution is 2.24. The van der Waals surface area contributed by atoms with Crippen molar-refractivity contribution in [3.05, 3.63) is 47.7 Å². The van der Waals surface area contributed by atoms with Gasteiger partial charge < -0.3 is 4.74 Å². The molecule has 1 atom stereocenters. The van der Waals surface area contributed by atoms with Gasteiger partial charge in [0.2, 0.25) is 15.9 Å². The van der Waals surface area contributed by atoms with Crippen molar-refractivity contribution in [1.82, 2.24) is 14.5 Å². The lowest BCUT2D eigenvalue weighted by Crippen LogP contribution is -2.31. The molecule has 0 amide bonds. The van der Waals surface area contributed by atoms with E-state index in [2.05, 4.69) is 10.2 Å². The third-order valence-electron chi connectivity index (χ3n) is 3.70. The van der Waals surface area contributed by atoms with Crippen molar-refractivity contribution in [2.75, 3.05) is 13.1 Å². The van der Waals surface area contributed by atoms with E-state index in [1.807, 2.05) is 0 Å². The Morgan fingerprint density at radius 3 is 2.62 bits per heavy atom. The fraction of sp³-hybridized carbons (Fsp3) is 0.333. The zero-order valence-corrected chi connectivity index (χ0v) is 13.6. The summed E-state index contributed by atoms with van der Waals surface area (Å²) in [6.45, 7) is 2.13. The van der Waals surface area contributed by atoms with Crippen LogP contribution in [0.15, 0.2) is 35.2 Å². The van der Waals surface area contributed by atoms with E-state index in [1.165, 1.54) is 4.31 Å². The Balaban J connectivity index is 1.72. The Kier molecular flexibility index (Phi) is 4.46. The lowest BCUT2D eigenvalue weighted by Gasteiger charge is -2.17. The summed E-state index contributed by atoms with van der Waals surface area (Å²) in [5, 5.41) is 7.75. The average Bonchev–Trinajstić information content (AvgIpc) is 3.01. The van der Waals surface area contributed by atoms with Crippen LogP contribution in [0, 0.1) is 18.6 Å². The van der Waals surface area contributed by atoms with E-state index in [4.69, 9.17) is 4.74 Å². The molecule has 0 N–H and O–H groups in total. The Morgan fingerprint density at radius 2 is 1.96 bits per heavy atom. The van der Waals surface area contributed by atoms with Gasteiger partial charge in [-0.3, -0.25) is 0 Å². The number of aryl methyl sites for hydroxylation is 1. The van der Waals surface area contributed by atoms with Crippen LogP contribution in [-0.4, -0.2) is 42.1 Å². The van der Waals surface area contributed by atoms with Gasteiger partial charge in [-0.05, 0) is 37.6 Å². The quantitative estimate of drug-likeness (QED) is 0.838. The van der Waals surface area contributed by atoms with Crippen molar-refractivity contribution in [2.24, 2.45) is 0 Å². The zero-order chi connectivity index (χ0) is 17.3. The van der Waals surface area contributed by atoms with Gasteiger partial charge in [-0.2, -0.15) is 9.40 Å². The molecule has 6 nitrogen and oxygen atoms in total. The molecule has 128 valence electrons. The van der Waals surface area contributed by atoms with Gasteiger partial charge in [-0.25, -0.2) is 17.2 Å². The Labute approximate surface area is 138 Å². The maximum atomic E-state index is 13.3. The zero-order valence-electron chi connectivity index (χ0n) is 12.8. The van der Waals surface area contributed by atoms with Crippen LogP contribution in [0.3, 0.4) is 0 Å². The van der Waals surface area contributed by atoms with Crippen molar-refractivity contribution in [3.8, 4) is 5.88 Å². The Hall–Kier alpha value is -2.13. The van der Waals surface area contributed by atoms with E-state index in [1.54, 1.807) is 19.1 Å². The van der Waals surface area contributed by atoms with Gasteiger partial charge in [-0.1, -0.05) is 0 Å². The topological polar surface area (TPSA) is 72.4 Å². The highest BCUT2D eigenvalue weighted by molar-refractivity contribution is 7.89. The summed E-state index contributed by atoms with van der Waals surface area (Å²) in [4.78, 5) is -0.280. The molecule has 24 heavy (non-hydrogen) atoms. The molecule has 1 saturated heterocycles.